The molecule has 0 unspecified atom stereocenters. The summed E-state index contributed by atoms with van der Waals surface area (Å²) in [4.78, 5) is 12.3. The number of methoxy groups -OCH3 is 1. The molecule has 1 N–H and O–H groups in total. The van der Waals surface area contributed by atoms with E-state index in [4.69, 9.17) is 14.2 Å². The van der Waals surface area contributed by atoms with E-state index in [0.717, 1.165) is 11.1 Å². The molecule has 0 amide bonds. The fraction of sp³-hybridized carbons (Fsp3) is 0.409. The first kappa shape index (κ1) is 19.5. The Morgan fingerprint density at radius 1 is 0.926 bits per heavy atom. The second-order valence-electron chi connectivity index (χ2n) is 6.83. The lowest BCUT2D eigenvalue weighted by Gasteiger charge is -2.26. The van der Waals surface area contributed by atoms with Gasteiger partial charge in [0.1, 0.15) is 0 Å². The first-order chi connectivity index (χ1) is 13.2. The minimum Gasteiger partial charge on any atom is -0.469 e. The van der Waals surface area contributed by atoms with Crippen LogP contribution in [0.4, 0.5) is 0 Å². The Labute approximate surface area is 159 Å². The number of benzene rings is 2. The number of hydrogen-bond donors (Lipinski definition) is 1. The molecule has 0 bridgehead atoms. The number of esters is 1. The van der Waals surface area contributed by atoms with E-state index in [1.807, 2.05) is 60.7 Å². The predicted octanol–water partition coefficient (Wildman–Crippen LogP) is 2.96. The summed E-state index contributed by atoms with van der Waals surface area (Å²) in [5.41, 5.74) is 2.06. The molecule has 1 saturated carbocycles. The number of hydrogen-bond acceptors (Lipinski definition) is 5. The van der Waals surface area contributed by atoms with Crippen molar-refractivity contribution in [1.29, 1.82) is 0 Å². The van der Waals surface area contributed by atoms with E-state index in [-0.39, 0.29) is 24.6 Å². The molecular weight excluding hydrogens is 344 g/mol. The maximum atomic E-state index is 12.3. The van der Waals surface area contributed by atoms with E-state index in [1.165, 1.54) is 7.11 Å². The normalized spacial score (nSPS) is 24.7. The summed E-state index contributed by atoms with van der Waals surface area (Å²) in [6.07, 6.45) is -0.344. The molecule has 2 aromatic carbocycles. The molecule has 1 aliphatic carbocycles. The summed E-state index contributed by atoms with van der Waals surface area (Å²) in [6.45, 7) is 0.724. The van der Waals surface area contributed by atoms with Crippen molar-refractivity contribution in [2.45, 2.75) is 31.8 Å². The van der Waals surface area contributed by atoms with Crippen LogP contribution in [0.5, 0.6) is 0 Å². The Morgan fingerprint density at radius 2 is 1.44 bits per heavy atom. The summed E-state index contributed by atoms with van der Waals surface area (Å²) in [5, 5.41) is 9.82. The van der Waals surface area contributed by atoms with Crippen molar-refractivity contribution in [3.8, 4) is 0 Å². The maximum absolute atomic E-state index is 12.3. The Hall–Kier alpha value is -2.21. The van der Waals surface area contributed by atoms with Crippen LogP contribution in [0.15, 0.2) is 60.7 Å². The Morgan fingerprint density at radius 3 is 1.93 bits per heavy atom. The molecule has 0 aliphatic heterocycles. The molecule has 0 spiro atoms. The molecule has 1 fully saturated rings. The molecule has 0 heterocycles. The number of carbonyl (C=O) groups excluding carboxylic acids is 1. The summed E-state index contributed by atoms with van der Waals surface area (Å²) < 4.78 is 17.2. The second-order valence-corrected chi connectivity index (χ2v) is 6.83. The smallest absolute Gasteiger partial charge is 0.311 e. The van der Waals surface area contributed by atoms with E-state index in [1.54, 1.807) is 0 Å². The van der Waals surface area contributed by atoms with Crippen LogP contribution in [-0.2, 0) is 32.2 Å². The lowest BCUT2D eigenvalue weighted by atomic mass is 10.1. The third kappa shape index (κ3) is 4.95. The molecule has 0 saturated heterocycles. The molecule has 27 heavy (non-hydrogen) atoms. The average Bonchev–Trinajstić information content (AvgIpc) is 3.09. The highest BCUT2D eigenvalue weighted by atomic mass is 16.6. The molecule has 4 atom stereocenters. The zero-order valence-corrected chi connectivity index (χ0v) is 15.5. The van der Waals surface area contributed by atoms with E-state index in [2.05, 4.69) is 0 Å². The van der Waals surface area contributed by atoms with Crippen molar-refractivity contribution >= 4 is 5.97 Å². The minimum absolute atomic E-state index is 0.0574. The van der Waals surface area contributed by atoms with Crippen LogP contribution >= 0.6 is 0 Å². The summed E-state index contributed by atoms with van der Waals surface area (Å²) in [6, 6.07) is 19.6. The van der Waals surface area contributed by atoms with Crippen LogP contribution in [0.1, 0.15) is 17.5 Å². The molecule has 2 aromatic rings. The van der Waals surface area contributed by atoms with Gasteiger partial charge in [-0.2, -0.15) is 0 Å². The quantitative estimate of drug-likeness (QED) is 0.724. The molecular formula is C22H26O5. The zero-order valence-electron chi connectivity index (χ0n) is 15.5. The van der Waals surface area contributed by atoms with Gasteiger partial charge >= 0.3 is 5.97 Å². The third-order valence-electron chi connectivity index (χ3n) is 5.05. The Balaban J connectivity index is 1.73. The number of aliphatic hydroxyl groups is 1. The van der Waals surface area contributed by atoms with Gasteiger partial charge in [-0.05, 0) is 17.5 Å². The highest BCUT2D eigenvalue weighted by molar-refractivity contribution is 5.73. The maximum Gasteiger partial charge on any atom is 0.311 e. The van der Waals surface area contributed by atoms with Crippen LogP contribution in [0.2, 0.25) is 0 Å². The van der Waals surface area contributed by atoms with E-state index < -0.39 is 12.0 Å². The molecule has 144 valence electrons. The first-order valence-electron chi connectivity index (χ1n) is 9.22. The summed E-state index contributed by atoms with van der Waals surface area (Å²) >= 11 is 0. The van der Waals surface area contributed by atoms with Gasteiger partial charge in [0.25, 0.3) is 0 Å². The van der Waals surface area contributed by atoms with Gasteiger partial charge in [-0.15, -0.1) is 0 Å². The van der Waals surface area contributed by atoms with Gasteiger partial charge in [0, 0.05) is 12.5 Å². The van der Waals surface area contributed by atoms with Gasteiger partial charge < -0.3 is 19.3 Å². The van der Waals surface area contributed by atoms with Gasteiger partial charge in [0.2, 0.25) is 0 Å². The highest BCUT2D eigenvalue weighted by Gasteiger charge is 2.48. The van der Waals surface area contributed by atoms with Gasteiger partial charge in [0.05, 0.1) is 38.4 Å². The summed E-state index contributed by atoms with van der Waals surface area (Å²) in [5.74, 6) is -0.937. The highest BCUT2D eigenvalue weighted by Crippen LogP contribution is 2.37. The number of carbonyl (C=O) groups is 1. The van der Waals surface area contributed by atoms with Gasteiger partial charge in [0.15, 0.2) is 0 Å². The van der Waals surface area contributed by atoms with Gasteiger partial charge in [-0.3, -0.25) is 4.79 Å². The molecule has 5 heteroatoms. The lowest BCUT2D eigenvalue weighted by Crippen LogP contribution is -2.37. The Bertz CT molecular complexity index is 703. The van der Waals surface area contributed by atoms with Crippen molar-refractivity contribution in [2.75, 3.05) is 13.7 Å². The van der Waals surface area contributed by atoms with E-state index >= 15 is 0 Å². The number of aliphatic hydroxyl groups excluding tert-OH is 1. The molecule has 5 nitrogen and oxygen atoms in total. The zero-order chi connectivity index (χ0) is 19.1. The second kappa shape index (κ2) is 9.65. The number of rotatable bonds is 8. The third-order valence-corrected chi connectivity index (χ3v) is 5.05. The predicted molar refractivity (Wildman–Crippen MR) is 101 cm³/mol. The fourth-order valence-corrected chi connectivity index (χ4v) is 3.63. The molecule has 0 radical (unpaired) electrons. The first-order valence-corrected chi connectivity index (χ1v) is 9.22. The largest absolute Gasteiger partial charge is 0.469 e. The summed E-state index contributed by atoms with van der Waals surface area (Å²) in [7, 11) is 1.38. The van der Waals surface area contributed by atoms with Gasteiger partial charge in [-0.1, -0.05) is 60.7 Å². The standard InChI is InChI=1S/C22H26O5/c1-25-22(24)19-12-18(13-23)20(26-14-16-8-4-2-5-9-16)21(19)27-15-17-10-6-3-7-11-17/h2-11,18-21,23H,12-15H2,1H3/t18-,19-,20-,21+/m1/s1. The molecule has 0 aromatic heterocycles. The van der Waals surface area contributed by atoms with Gasteiger partial charge in [-0.25, -0.2) is 0 Å². The van der Waals surface area contributed by atoms with Crippen molar-refractivity contribution in [3.05, 3.63) is 71.8 Å². The number of ether oxygens (including phenoxy) is 3. The van der Waals surface area contributed by atoms with Crippen LogP contribution in [0.3, 0.4) is 0 Å². The van der Waals surface area contributed by atoms with Crippen LogP contribution in [0.25, 0.3) is 0 Å². The minimum atomic E-state index is -0.460. The molecule has 1 aliphatic rings. The lowest BCUT2D eigenvalue weighted by molar-refractivity contribution is -0.155. The average molecular weight is 370 g/mol. The van der Waals surface area contributed by atoms with Crippen LogP contribution in [0, 0.1) is 11.8 Å². The molecule has 3 rings (SSSR count). The van der Waals surface area contributed by atoms with E-state index in [9.17, 15) is 9.90 Å². The van der Waals surface area contributed by atoms with E-state index in [0.29, 0.717) is 19.6 Å². The fourth-order valence-electron chi connectivity index (χ4n) is 3.63. The Kier molecular flexibility index (Phi) is 6.98. The van der Waals surface area contributed by atoms with Crippen LogP contribution < -0.4 is 0 Å². The van der Waals surface area contributed by atoms with Crippen molar-refractivity contribution in [3.63, 3.8) is 0 Å². The monoisotopic (exact) mass is 370 g/mol. The van der Waals surface area contributed by atoms with Crippen molar-refractivity contribution in [2.24, 2.45) is 11.8 Å². The van der Waals surface area contributed by atoms with Crippen molar-refractivity contribution in [1.82, 2.24) is 0 Å². The van der Waals surface area contributed by atoms with Crippen molar-refractivity contribution < 1.29 is 24.1 Å². The van der Waals surface area contributed by atoms with Crippen LogP contribution in [-0.4, -0.2) is 37.0 Å². The SMILES string of the molecule is COC(=O)[C@@H]1C[C@H](CO)[C@@H](OCc2ccccc2)[C@H]1OCc1ccccc1. The topological polar surface area (TPSA) is 65.0 Å².